The minimum absolute atomic E-state index is 0.0117. The van der Waals surface area contributed by atoms with E-state index in [-0.39, 0.29) is 29.7 Å². The molecule has 3 aliphatic rings. The molecular weight excluding hydrogens is 318 g/mol. The number of fused-ring (bicyclic) bond motifs is 4. The fourth-order valence-corrected chi connectivity index (χ4v) is 4.62. The normalized spacial score (nSPS) is 28.2. The molecule has 0 N–H and O–H groups in total. The number of hydrogen-bond acceptors (Lipinski definition) is 4. The summed E-state index contributed by atoms with van der Waals surface area (Å²) in [6.07, 6.45) is 4.03. The Hall–Kier alpha value is -2.21. The molecule has 0 radical (unpaired) electrons. The Labute approximate surface area is 145 Å². The van der Waals surface area contributed by atoms with Crippen LogP contribution in [0.15, 0.2) is 29.1 Å². The predicted octanol–water partition coefficient (Wildman–Crippen LogP) is 1.49. The molecule has 2 aromatic rings. The fraction of sp³-hybridized carbons (Fsp3) is 0.526. The maximum atomic E-state index is 13.0. The van der Waals surface area contributed by atoms with Crippen molar-refractivity contribution in [2.75, 3.05) is 6.61 Å². The van der Waals surface area contributed by atoms with Gasteiger partial charge in [-0.15, -0.1) is 0 Å². The van der Waals surface area contributed by atoms with Crippen molar-refractivity contribution in [3.05, 3.63) is 40.4 Å². The van der Waals surface area contributed by atoms with Crippen molar-refractivity contribution in [2.24, 2.45) is 0 Å². The van der Waals surface area contributed by atoms with Crippen molar-refractivity contribution >= 4 is 16.8 Å². The van der Waals surface area contributed by atoms with Gasteiger partial charge in [-0.25, -0.2) is 4.98 Å². The number of carbonyl (C=O) groups is 1. The van der Waals surface area contributed by atoms with Gasteiger partial charge in [-0.2, -0.15) is 0 Å². The number of para-hydroxylation sites is 1. The van der Waals surface area contributed by atoms with Crippen LogP contribution in [0.5, 0.6) is 0 Å². The summed E-state index contributed by atoms with van der Waals surface area (Å²) in [4.78, 5) is 32.7. The molecule has 2 fully saturated rings. The van der Waals surface area contributed by atoms with Crippen molar-refractivity contribution in [3.63, 3.8) is 0 Å². The van der Waals surface area contributed by atoms with Crippen LogP contribution >= 0.6 is 0 Å². The highest BCUT2D eigenvalue weighted by molar-refractivity contribution is 5.82. The Bertz CT molecular complexity index is 900. The molecule has 1 aromatic carbocycles. The second-order valence-electron chi connectivity index (χ2n) is 7.30. The average Bonchev–Trinajstić information content (AvgIpc) is 3.24. The molecule has 6 nitrogen and oxygen atoms in total. The Morgan fingerprint density at radius 1 is 1.16 bits per heavy atom. The zero-order valence-corrected chi connectivity index (χ0v) is 14.1. The van der Waals surface area contributed by atoms with E-state index >= 15 is 0 Å². The minimum atomic E-state index is -0.298. The van der Waals surface area contributed by atoms with Gasteiger partial charge in [-0.1, -0.05) is 12.1 Å². The molecule has 25 heavy (non-hydrogen) atoms. The number of benzene rings is 1. The molecule has 0 unspecified atom stereocenters. The van der Waals surface area contributed by atoms with Gasteiger partial charge in [0.05, 0.1) is 16.9 Å². The molecule has 4 heterocycles. The minimum Gasteiger partial charge on any atom is -0.368 e. The summed E-state index contributed by atoms with van der Waals surface area (Å²) in [6, 6.07) is 7.69. The number of amides is 1. The Balaban J connectivity index is 1.56. The molecule has 0 saturated carbocycles. The zero-order valence-electron chi connectivity index (χ0n) is 14.1. The predicted molar refractivity (Wildman–Crippen MR) is 92.3 cm³/mol. The largest absolute Gasteiger partial charge is 0.368 e. The van der Waals surface area contributed by atoms with Gasteiger partial charge in [0.25, 0.3) is 11.5 Å². The summed E-state index contributed by atoms with van der Waals surface area (Å²) in [5, 5.41) is 0.654. The van der Waals surface area contributed by atoms with Gasteiger partial charge in [0.15, 0.2) is 0 Å². The number of nitrogens with zero attached hydrogens (tertiary/aromatic N) is 3. The number of carbonyl (C=O) groups excluding carboxylic acids is 1. The summed E-state index contributed by atoms with van der Waals surface area (Å²) in [6.45, 7) is 1.22. The van der Waals surface area contributed by atoms with E-state index in [1.54, 1.807) is 4.57 Å². The van der Waals surface area contributed by atoms with E-state index in [2.05, 4.69) is 0 Å². The van der Waals surface area contributed by atoms with Crippen molar-refractivity contribution < 1.29 is 9.53 Å². The molecule has 6 heteroatoms. The summed E-state index contributed by atoms with van der Waals surface area (Å²) >= 11 is 0. The van der Waals surface area contributed by atoms with Crippen molar-refractivity contribution in [2.45, 2.75) is 56.8 Å². The zero-order chi connectivity index (χ0) is 17.0. The molecule has 3 atom stereocenters. The molecule has 5 rings (SSSR count). The van der Waals surface area contributed by atoms with Crippen LogP contribution < -0.4 is 5.56 Å². The first-order chi connectivity index (χ1) is 12.2. The lowest BCUT2D eigenvalue weighted by molar-refractivity contribution is -0.144. The molecule has 0 aliphatic carbocycles. The quantitative estimate of drug-likeness (QED) is 0.790. The number of rotatable bonds is 1. The van der Waals surface area contributed by atoms with E-state index in [9.17, 15) is 9.59 Å². The van der Waals surface area contributed by atoms with Crippen molar-refractivity contribution in [1.82, 2.24) is 14.5 Å². The number of ether oxygens (including phenoxy) is 1. The monoisotopic (exact) mass is 339 g/mol. The summed E-state index contributed by atoms with van der Waals surface area (Å²) in [5.41, 5.74) is 0.756. The van der Waals surface area contributed by atoms with Crippen LogP contribution in [0.25, 0.3) is 10.9 Å². The Morgan fingerprint density at radius 2 is 2.00 bits per heavy atom. The van der Waals surface area contributed by atoms with Crippen LogP contribution in [0.2, 0.25) is 0 Å². The molecule has 1 aromatic heterocycles. The second-order valence-corrected chi connectivity index (χ2v) is 7.30. The standard InChI is InChI=1S/C19H21N3O3/c23-18-14-4-1-2-5-15(14)20-17-10-12-7-8-13(11-21(17)18)22(12)19(24)16-6-3-9-25-16/h1-2,4-5,12-13,16H,3,6-11H2/t12-,13+,16+/m1/s1. The van der Waals surface area contributed by atoms with Crippen molar-refractivity contribution in [3.8, 4) is 0 Å². The van der Waals surface area contributed by atoms with Gasteiger partial charge < -0.3 is 9.64 Å². The van der Waals surface area contributed by atoms with Gasteiger partial charge in [-0.3, -0.25) is 14.2 Å². The third-order valence-corrected chi connectivity index (χ3v) is 5.83. The topological polar surface area (TPSA) is 64.4 Å². The molecule has 2 saturated heterocycles. The van der Waals surface area contributed by atoms with Gasteiger partial charge in [-0.05, 0) is 37.8 Å². The van der Waals surface area contributed by atoms with E-state index in [1.165, 1.54) is 0 Å². The molecule has 130 valence electrons. The Morgan fingerprint density at radius 3 is 2.84 bits per heavy atom. The van der Waals surface area contributed by atoms with Crippen LogP contribution in [0, 0.1) is 0 Å². The molecule has 0 spiro atoms. The summed E-state index contributed by atoms with van der Waals surface area (Å²) < 4.78 is 7.42. The third kappa shape index (κ3) is 2.31. The lowest BCUT2D eigenvalue weighted by Crippen LogP contribution is -2.47. The van der Waals surface area contributed by atoms with Gasteiger partial charge in [0.1, 0.15) is 11.9 Å². The first-order valence-electron chi connectivity index (χ1n) is 9.14. The van der Waals surface area contributed by atoms with Crippen LogP contribution in [0.1, 0.15) is 31.5 Å². The highest BCUT2D eigenvalue weighted by Gasteiger charge is 2.43. The van der Waals surface area contributed by atoms with Crippen LogP contribution in [0.3, 0.4) is 0 Å². The smallest absolute Gasteiger partial charge is 0.261 e. The SMILES string of the molecule is O=C([C@@H]1CCCO1)N1[C@@H]2CC[C@H]1Cn1c(nc3ccccc3c1=O)C2. The Kier molecular flexibility index (Phi) is 3.41. The lowest BCUT2D eigenvalue weighted by atomic mass is 10.1. The highest BCUT2D eigenvalue weighted by Crippen LogP contribution is 2.32. The fourth-order valence-electron chi connectivity index (χ4n) is 4.62. The maximum absolute atomic E-state index is 13.0. The van der Waals surface area contributed by atoms with E-state index in [0.717, 1.165) is 37.0 Å². The van der Waals surface area contributed by atoms with Gasteiger partial charge in [0, 0.05) is 25.6 Å². The molecule has 2 bridgehead atoms. The average molecular weight is 339 g/mol. The van der Waals surface area contributed by atoms with Gasteiger partial charge >= 0.3 is 0 Å². The van der Waals surface area contributed by atoms with Crippen LogP contribution in [-0.2, 0) is 22.5 Å². The summed E-state index contributed by atoms with van der Waals surface area (Å²) in [7, 11) is 0. The number of hydrogen-bond donors (Lipinski definition) is 0. The van der Waals surface area contributed by atoms with E-state index in [1.807, 2.05) is 29.2 Å². The lowest BCUT2D eigenvalue weighted by Gasteiger charge is -2.30. The van der Waals surface area contributed by atoms with Crippen LogP contribution in [0.4, 0.5) is 0 Å². The first kappa shape index (κ1) is 15.1. The van der Waals surface area contributed by atoms with E-state index in [0.29, 0.717) is 25.0 Å². The van der Waals surface area contributed by atoms with Gasteiger partial charge in [0.2, 0.25) is 0 Å². The third-order valence-electron chi connectivity index (χ3n) is 5.83. The highest BCUT2D eigenvalue weighted by atomic mass is 16.5. The summed E-state index contributed by atoms with van der Waals surface area (Å²) in [5.74, 6) is 0.913. The molecular formula is C19H21N3O3. The molecule has 1 amide bonds. The first-order valence-corrected chi connectivity index (χ1v) is 9.14. The van der Waals surface area contributed by atoms with Crippen LogP contribution in [-0.4, -0.2) is 45.2 Å². The van der Waals surface area contributed by atoms with Crippen molar-refractivity contribution in [1.29, 1.82) is 0 Å². The molecule has 3 aliphatic heterocycles. The second kappa shape index (κ2) is 5.66. The maximum Gasteiger partial charge on any atom is 0.261 e. The number of aromatic nitrogens is 2. The van der Waals surface area contributed by atoms with E-state index in [4.69, 9.17) is 9.72 Å². The van der Waals surface area contributed by atoms with E-state index < -0.39 is 0 Å².